The highest BCUT2D eigenvalue weighted by Crippen LogP contribution is 2.28. The third-order valence-electron chi connectivity index (χ3n) is 5.50. The zero-order valence-electron chi connectivity index (χ0n) is 18.9. The number of rotatable bonds is 8. The summed E-state index contributed by atoms with van der Waals surface area (Å²) >= 11 is 0. The Bertz CT molecular complexity index is 1190. The number of nitrogens with one attached hydrogen (secondary N) is 2. The molecule has 0 unspecified atom stereocenters. The van der Waals surface area contributed by atoms with E-state index < -0.39 is 6.04 Å². The molecule has 0 spiro atoms. The van der Waals surface area contributed by atoms with Gasteiger partial charge in [-0.25, -0.2) is 9.67 Å². The van der Waals surface area contributed by atoms with Gasteiger partial charge in [-0.3, -0.25) is 10.1 Å². The quantitative estimate of drug-likeness (QED) is 0.417. The smallest absolute Gasteiger partial charge is 0.246 e. The molecule has 0 aliphatic carbocycles. The van der Waals surface area contributed by atoms with Gasteiger partial charge in [-0.05, 0) is 54.8 Å². The highest BCUT2D eigenvalue weighted by Gasteiger charge is 2.24. The van der Waals surface area contributed by atoms with E-state index in [1.807, 2.05) is 86.6 Å². The monoisotopic (exact) mass is 441 g/mol. The minimum Gasteiger partial charge on any atom is -0.495 e. The van der Waals surface area contributed by atoms with Gasteiger partial charge in [0.2, 0.25) is 5.91 Å². The van der Waals surface area contributed by atoms with E-state index in [2.05, 4.69) is 20.7 Å². The van der Waals surface area contributed by atoms with Crippen LogP contribution in [0.25, 0.3) is 5.69 Å². The van der Waals surface area contributed by atoms with Gasteiger partial charge in [0.1, 0.15) is 24.4 Å². The van der Waals surface area contributed by atoms with E-state index >= 15 is 0 Å². The van der Waals surface area contributed by atoms with Crippen molar-refractivity contribution in [3.05, 3.63) is 102 Å². The van der Waals surface area contributed by atoms with Gasteiger partial charge in [0.25, 0.3) is 0 Å². The van der Waals surface area contributed by atoms with Crippen LogP contribution in [0.3, 0.4) is 0 Å². The van der Waals surface area contributed by atoms with E-state index in [1.165, 1.54) is 6.33 Å². The Morgan fingerprint density at radius 2 is 1.76 bits per heavy atom. The van der Waals surface area contributed by atoms with E-state index in [1.54, 1.807) is 18.1 Å². The summed E-state index contributed by atoms with van der Waals surface area (Å²) in [5.74, 6) is 0.466. The lowest BCUT2D eigenvalue weighted by molar-refractivity contribution is -0.118. The number of aromatic nitrogens is 3. The van der Waals surface area contributed by atoms with Crippen molar-refractivity contribution in [2.24, 2.45) is 0 Å². The third-order valence-corrected chi connectivity index (χ3v) is 5.50. The summed E-state index contributed by atoms with van der Waals surface area (Å²) in [6.07, 6.45) is 3.16. The average Bonchev–Trinajstić information content (AvgIpc) is 3.38. The first kappa shape index (κ1) is 22.2. The number of methoxy groups -OCH3 is 1. The number of hydrogen-bond acceptors (Lipinski definition) is 5. The molecule has 0 saturated heterocycles. The van der Waals surface area contributed by atoms with Gasteiger partial charge in [0.05, 0.1) is 18.5 Å². The summed E-state index contributed by atoms with van der Waals surface area (Å²) in [6, 6.07) is 22.8. The molecule has 1 heterocycles. The minimum absolute atomic E-state index is 0.0786. The molecule has 2 N–H and O–H groups in total. The maximum atomic E-state index is 13.4. The second kappa shape index (κ2) is 10.1. The van der Waals surface area contributed by atoms with E-state index in [4.69, 9.17) is 4.74 Å². The first-order chi connectivity index (χ1) is 16.0. The number of amides is 1. The molecule has 7 nitrogen and oxygen atoms in total. The zero-order chi connectivity index (χ0) is 23.2. The largest absolute Gasteiger partial charge is 0.495 e. The molecule has 0 radical (unpaired) electrons. The molecule has 33 heavy (non-hydrogen) atoms. The molecule has 0 aliphatic heterocycles. The summed E-state index contributed by atoms with van der Waals surface area (Å²) in [5.41, 5.74) is 4.55. The van der Waals surface area contributed by atoms with Crippen LogP contribution >= 0.6 is 0 Å². The van der Waals surface area contributed by atoms with Gasteiger partial charge < -0.3 is 10.1 Å². The molecular weight excluding hydrogens is 414 g/mol. The van der Waals surface area contributed by atoms with Crippen LogP contribution < -0.4 is 15.4 Å². The maximum absolute atomic E-state index is 13.4. The van der Waals surface area contributed by atoms with Crippen molar-refractivity contribution >= 4 is 11.6 Å². The van der Waals surface area contributed by atoms with Crippen LogP contribution in [0.2, 0.25) is 0 Å². The fourth-order valence-electron chi connectivity index (χ4n) is 3.70. The second-order valence-electron chi connectivity index (χ2n) is 7.86. The Kier molecular flexibility index (Phi) is 6.80. The lowest BCUT2D eigenvalue weighted by Crippen LogP contribution is -2.34. The number of nitrogens with zero attached hydrogens (tertiary/aromatic N) is 3. The van der Waals surface area contributed by atoms with Crippen LogP contribution in [-0.2, 0) is 4.79 Å². The predicted molar refractivity (Wildman–Crippen MR) is 128 cm³/mol. The number of carbonyl (C=O) groups excluding carboxylic acids is 1. The molecule has 2 atom stereocenters. The lowest BCUT2D eigenvalue weighted by Gasteiger charge is -2.24. The third kappa shape index (κ3) is 5.27. The summed E-state index contributed by atoms with van der Waals surface area (Å²) in [4.78, 5) is 17.4. The van der Waals surface area contributed by atoms with Crippen molar-refractivity contribution in [2.45, 2.75) is 25.9 Å². The van der Waals surface area contributed by atoms with E-state index in [0.717, 1.165) is 22.4 Å². The number of benzene rings is 3. The number of hydrogen-bond donors (Lipinski definition) is 2. The van der Waals surface area contributed by atoms with Crippen molar-refractivity contribution in [3.63, 3.8) is 0 Å². The van der Waals surface area contributed by atoms with Gasteiger partial charge in [-0.1, -0.05) is 48.5 Å². The number of ether oxygens (including phenoxy) is 1. The van der Waals surface area contributed by atoms with Gasteiger partial charge in [-0.15, -0.1) is 0 Å². The molecule has 0 fully saturated rings. The molecular formula is C26H27N5O2. The van der Waals surface area contributed by atoms with Gasteiger partial charge in [0, 0.05) is 6.04 Å². The first-order valence-electron chi connectivity index (χ1n) is 10.8. The Labute approximate surface area is 193 Å². The first-order valence-corrected chi connectivity index (χ1v) is 10.8. The van der Waals surface area contributed by atoms with Crippen LogP contribution in [0.1, 0.15) is 35.7 Å². The lowest BCUT2D eigenvalue weighted by atomic mass is 10.0. The fraction of sp³-hybridized carbons (Fsp3) is 0.192. The molecule has 0 bridgehead atoms. The van der Waals surface area contributed by atoms with Crippen LogP contribution in [0.15, 0.2) is 85.5 Å². The van der Waals surface area contributed by atoms with Gasteiger partial charge in [0.15, 0.2) is 0 Å². The van der Waals surface area contributed by atoms with Crippen LogP contribution in [-0.4, -0.2) is 27.8 Å². The Morgan fingerprint density at radius 3 is 2.42 bits per heavy atom. The maximum Gasteiger partial charge on any atom is 0.246 e. The second-order valence-corrected chi connectivity index (χ2v) is 7.86. The fourth-order valence-corrected chi connectivity index (χ4v) is 3.70. The predicted octanol–water partition coefficient (Wildman–Crippen LogP) is 4.61. The Balaban J connectivity index is 1.56. The Morgan fingerprint density at radius 1 is 1.00 bits per heavy atom. The van der Waals surface area contributed by atoms with Crippen molar-refractivity contribution < 1.29 is 9.53 Å². The zero-order valence-corrected chi connectivity index (χ0v) is 18.9. The normalized spacial score (nSPS) is 12.7. The summed E-state index contributed by atoms with van der Waals surface area (Å²) < 4.78 is 7.14. The van der Waals surface area contributed by atoms with E-state index in [0.29, 0.717) is 11.4 Å². The van der Waals surface area contributed by atoms with Gasteiger partial charge in [-0.2, -0.15) is 5.10 Å². The van der Waals surface area contributed by atoms with E-state index in [9.17, 15) is 4.79 Å². The molecule has 1 amide bonds. The van der Waals surface area contributed by atoms with Crippen LogP contribution in [0.5, 0.6) is 5.75 Å². The van der Waals surface area contributed by atoms with Crippen molar-refractivity contribution in [3.8, 4) is 11.4 Å². The summed E-state index contributed by atoms with van der Waals surface area (Å²) in [7, 11) is 1.60. The van der Waals surface area contributed by atoms with Crippen molar-refractivity contribution in [1.82, 2.24) is 20.1 Å². The highest BCUT2D eigenvalue weighted by atomic mass is 16.5. The van der Waals surface area contributed by atoms with Crippen molar-refractivity contribution in [1.29, 1.82) is 0 Å². The molecule has 7 heteroatoms. The minimum atomic E-state index is -0.554. The van der Waals surface area contributed by atoms with Crippen molar-refractivity contribution in [2.75, 3.05) is 12.4 Å². The average molecular weight is 442 g/mol. The molecule has 1 aromatic heterocycles. The van der Waals surface area contributed by atoms with Crippen LogP contribution in [0.4, 0.5) is 5.69 Å². The standard InChI is InChI=1S/C26H27N5O2/c1-18-9-14-24(33-3)23(15-18)30-26(32)25(21-7-5-4-6-8-21)29-19(2)20-10-12-22(13-11-20)31-17-27-16-28-31/h4-17,19,25,29H,1-3H3,(H,30,32)/t19-,25-/m1/s1. The summed E-state index contributed by atoms with van der Waals surface area (Å²) in [6.45, 7) is 4.02. The summed E-state index contributed by atoms with van der Waals surface area (Å²) in [5, 5.41) is 10.7. The van der Waals surface area contributed by atoms with Crippen LogP contribution in [0, 0.1) is 6.92 Å². The molecule has 3 aromatic carbocycles. The number of aryl methyl sites for hydroxylation is 1. The number of anilines is 1. The highest BCUT2D eigenvalue weighted by molar-refractivity contribution is 5.96. The van der Waals surface area contributed by atoms with Gasteiger partial charge >= 0.3 is 0 Å². The Hall–Kier alpha value is -3.97. The SMILES string of the molecule is COc1ccc(C)cc1NC(=O)[C@H](N[C@H](C)c1ccc(-n2cncn2)cc1)c1ccccc1. The molecule has 4 aromatic rings. The molecule has 4 rings (SSSR count). The van der Waals surface area contributed by atoms with E-state index in [-0.39, 0.29) is 11.9 Å². The topological polar surface area (TPSA) is 81.1 Å². The molecule has 168 valence electrons. The molecule has 0 saturated carbocycles. The molecule has 0 aliphatic rings. The number of carbonyl (C=O) groups is 1.